The summed E-state index contributed by atoms with van der Waals surface area (Å²) in [4.78, 5) is 47.8. The number of rotatable bonds is 8. The maximum Gasteiger partial charge on any atom is 0.258 e. The van der Waals surface area contributed by atoms with Gasteiger partial charge in [0, 0.05) is 58.7 Å². The van der Waals surface area contributed by atoms with E-state index in [0.29, 0.717) is 44.0 Å². The molecule has 0 aromatic carbocycles. The lowest BCUT2D eigenvalue weighted by Gasteiger charge is -2.22. The van der Waals surface area contributed by atoms with E-state index < -0.39 is 5.41 Å². The highest BCUT2D eigenvalue weighted by molar-refractivity contribution is 7.16. The normalized spacial score (nSPS) is 11.5. The number of Topliss-reactive ketones (excluding diaryl/α,β-unsaturated/α-hetero) is 1. The van der Waals surface area contributed by atoms with Gasteiger partial charge in [-0.2, -0.15) is 9.78 Å². The summed E-state index contributed by atoms with van der Waals surface area (Å²) in [6.07, 6.45) is 4.87. The average Bonchev–Trinajstić information content (AvgIpc) is 3.71. The van der Waals surface area contributed by atoms with E-state index in [0.717, 1.165) is 4.88 Å². The lowest BCUT2D eigenvalue weighted by Crippen LogP contribution is -2.31. The first-order valence-electron chi connectivity index (χ1n) is 12.8. The van der Waals surface area contributed by atoms with Crippen molar-refractivity contribution in [3.63, 3.8) is 0 Å². The predicted octanol–water partition coefficient (Wildman–Crippen LogP) is 6.76. The Labute approximate surface area is 250 Å². The molecule has 0 amide bonds. The van der Waals surface area contributed by atoms with Crippen molar-refractivity contribution >= 4 is 51.8 Å². The van der Waals surface area contributed by atoms with Crippen LogP contribution in [0.5, 0.6) is 0 Å². The van der Waals surface area contributed by atoms with Crippen molar-refractivity contribution < 1.29 is 9.59 Å². The molecule has 0 N–H and O–H groups in total. The number of halogens is 1. The summed E-state index contributed by atoms with van der Waals surface area (Å²) >= 11 is 8.96. The van der Waals surface area contributed by atoms with Gasteiger partial charge in [-0.15, -0.1) is 22.7 Å². The molecule has 0 atom stereocenters. The third-order valence-electron chi connectivity index (χ3n) is 6.40. The zero-order valence-corrected chi connectivity index (χ0v) is 25.4. The van der Waals surface area contributed by atoms with Gasteiger partial charge < -0.3 is 9.47 Å². The highest BCUT2D eigenvalue weighted by Crippen LogP contribution is 2.31. The van der Waals surface area contributed by atoms with Crippen LogP contribution in [0.3, 0.4) is 0 Å². The highest BCUT2D eigenvalue weighted by Gasteiger charge is 2.28. The molecular weight excluding hydrogens is 578 g/mol. The van der Waals surface area contributed by atoms with E-state index in [9.17, 15) is 14.4 Å². The molecule has 5 rings (SSSR count). The number of anilines is 1. The van der Waals surface area contributed by atoms with Gasteiger partial charge in [0.15, 0.2) is 5.78 Å². The van der Waals surface area contributed by atoms with E-state index in [1.807, 2.05) is 56.3 Å². The lowest BCUT2D eigenvalue weighted by molar-refractivity contribution is 0.0751. The van der Waals surface area contributed by atoms with Crippen molar-refractivity contribution in [2.24, 2.45) is 5.41 Å². The number of nitrogens with zero attached hydrogens (tertiary/aromatic N) is 5. The minimum Gasteiger partial charge on any atom is -0.354 e. The Morgan fingerprint density at radius 3 is 2.51 bits per heavy atom. The predicted molar refractivity (Wildman–Crippen MR) is 165 cm³/mol. The quantitative estimate of drug-likeness (QED) is 0.182. The van der Waals surface area contributed by atoms with Crippen LogP contribution in [-0.4, -0.2) is 38.1 Å². The number of carbonyl (C=O) groups excluding carboxylic acids is 2. The monoisotopic (exact) mass is 605 g/mol. The SMILES string of the molecule is CN(Cc1ccc(Cl)s1)c1cc(-c2cc(-c3cccnc3)c(=O)n(CC(=O)c3cccs3)c2)nn1C(=O)C(C)(C)C. The van der Waals surface area contributed by atoms with E-state index in [2.05, 4.69) is 4.98 Å². The number of carbonyl (C=O) groups is 2. The van der Waals surface area contributed by atoms with E-state index in [4.69, 9.17) is 16.7 Å². The highest BCUT2D eigenvalue weighted by atomic mass is 35.5. The van der Waals surface area contributed by atoms with Crippen molar-refractivity contribution in [2.75, 3.05) is 11.9 Å². The lowest BCUT2D eigenvalue weighted by atomic mass is 9.96. The summed E-state index contributed by atoms with van der Waals surface area (Å²) in [5, 5.41) is 6.57. The Hall–Kier alpha value is -3.86. The number of ketones is 1. The Balaban J connectivity index is 1.63. The van der Waals surface area contributed by atoms with Crippen LogP contribution < -0.4 is 10.5 Å². The Bertz CT molecular complexity index is 1770. The largest absolute Gasteiger partial charge is 0.354 e. The first-order valence-corrected chi connectivity index (χ1v) is 14.9. The van der Waals surface area contributed by atoms with Crippen molar-refractivity contribution in [2.45, 2.75) is 33.9 Å². The maximum absolute atomic E-state index is 13.6. The minimum absolute atomic E-state index is 0.131. The van der Waals surface area contributed by atoms with Gasteiger partial charge in [-0.3, -0.25) is 19.4 Å². The van der Waals surface area contributed by atoms with Gasteiger partial charge in [0.05, 0.1) is 28.0 Å². The van der Waals surface area contributed by atoms with Gasteiger partial charge in [-0.1, -0.05) is 44.5 Å². The Morgan fingerprint density at radius 1 is 1.07 bits per heavy atom. The van der Waals surface area contributed by atoms with Gasteiger partial charge in [0.25, 0.3) is 11.5 Å². The Kier molecular flexibility index (Phi) is 8.08. The molecule has 8 nitrogen and oxygen atoms in total. The molecule has 11 heteroatoms. The summed E-state index contributed by atoms with van der Waals surface area (Å²) in [6.45, 7) is 5.92. The zero-order valence-electron chi connectivity index (χ0n) is 23.0. The molecule has 0 bridgehead atoms. The van der Waals surface area contributed by atoms with Crippen molar-refractivity contribution in [1.82, 2.24) is 19.3 Å². The van der Waals surface area contributed by atoms with Crippen molar-refractivity contribution in [3.05, 3.63) is 96.9 Å². The second-order valence-corrected chi connectivity index (χ2v) is 13.4. The first kappa shape index (κ1) is 28.7. The standard InChI is InChI=1S/C30H28ClN5O3S2/c1-30(2,3)29(39)36-27(34(4)17-21-9-10-26(31)41-21)14-23(33-36)20-13-22(19-7-5-11-32-15-19)28(38)35(16-20)18-24(37)25-8-6-12-40-25/h5-16H,17-18H2,1-4H3. The fourth-order valence-corrected chi connectivity index (χ4v) is 6.09. The van der Waals surface area contributed by atoms with Crippen LogP contribution in [0.15, 0.2) is 77.3 Å². The van der Waals surface area contributed by atoms with Crippen LogP contribution in [0.2, 0.25) is 4.34 Å². The third kappa shape index (κ3) is 6.24. The van der Waals surface area contributed by atoms with Crippen LogP contribution in [-0.2, 0) is 13.1 Å². The maximum atomic E-state index is 13.6. The fourth-order valence-electron chi connectivity index (χ4n) is 4.29. The molecule has 5 aromatic heterocycles. The van der Waals surface area contributed by atoms with Gasteiger partial charge in [-0.05, 0) is 35.7 Å². The molecule has 0 fully saturated rings. The van der Waals surface area contributed by atoms with E-state index in [-0.39, 0.29) is 23.8 Å². The summed E-state index contributed by atoms with van der Waals surface area (Å²) in [7, 11) is 1.89. The fraction of sp³-hybridized carbons (Fsp3) is 0.233. The van der Waals surface area contributed by atoms with Gasteiger partial charge in [0.1, 0.15) is 5.82 Å². The summed E-state index contributed by atoms with van der Waals surface area (Å²) < 4.78 is 3.51. The Morgan fingerprint density at radius 2 is 1.88 bits per heavy atom. The topological polar surface area (TPSA) is 90.1 Å². The number of aromatic nitrogens is 4. The molecular formula is C30H28ClN5O3S2. The summed E-state index contributed by atoms with van der Waals surface area (Å²) in [5.74, 6) is 0.253. The van der Waals surface area contributed by atoms with E-state index >= 15 is 0 Å². The smallest absolute Gasteiger partial charge is 0.258 e. The summed E-state index contributed by atoms with van der Waals surface area (Å²) in [5.41, 5.74) is 1.08. The van der Waals surface area contributed by atoms with Crippen LogP contribution in [0.4, 0.5) is 5.82 Å². The number of pyridine rings is 2. The zero-order chi connectivity index (χ0) is 29.3. The van der Waals surface area contributed by atoms with Crippen LogP contribution in [0, 0.1) is 5.41 Å². The second-order valence-electron chi connectivity index (χ2n) is 10.6. The molecule has 0 saturated heterocycles. The van der Waals surface area contributed by atoms with Crippen LogP contribution in [0.1, 0.15) is 40.1 Å². The van der Waals surface area contributed by atoms with Crippen molar-refractivity contribution in [3.8, 4) is 22.4 Å². The van der Waals surface area contributed by atoms with Gasteiger partial charge >= 0.3 is 0 Å². The second kappa shape index (κ2) is 11.6. The van der Waals surface area contributed by atoms with Crippen LogP contribution >= 0.6 is 34.3 Å². The molecule has 0 saturated carbocycles. The van der Waals surface area contributed by atoms with Crippen LogP contribution in [0.25, 0.3) is 22.4 Å². The molecule has 210 valence electrons. The summed E-state index contributed by atoms with van der Waals surface area (Å²) in [6, 6.07) is 14.5. The molecule has 0 unspecified atom stereocenters. The average molecular weight is 606 g/mol. The van der Waals surface area contributed by atoms with E-state index in [1.54, 1.807) is 48.9 Å². The number of hydrogen-bond acceptors (Lipinski definition) is 8. The molecule has 5 heterocycles. The number of hydrogen-bond donors (Lipinski definition) is 0. The molecule has 0 radical (unpaired) electrons. The van der Waals surface area contributed by atoms with Gasteiger partial charge in [0.2, 0.25) is 0 Å². The number of thiophene rings is 2. The van der Waals surface area contributed by atoms with Crippen molar-refractivity contribution in [1.29, 1.82) is 0 Å². The first-order chi connectivity index (χ1) is 19.5. The molecule has 5 aromatic rings. The molecule has 41 heavy (non-hydrogen) atoms. The van der Waals surface area contributed by atoms with E-state index in [1.165, 1.54) is 31.9 Å². The molecule has 0 aliphatic carbocycles. The third-order valence-corrected chi connectivity index (χ3v) is 8.53. The molecule has 0 spiro atoms. The minimum atomic E-state index is -0.697. The molecule has 0 aliphatic rings. The van der Waals surface area contributed by atoms with Gasteiger partial charge in [-0.25, -0.2) is 0 Å². The molecule has 0 aliphatic heterocycles.